The number of hydrogen-bond donors (Lipinski definition) is 2. The Balaban J connectivity index is 2.83. The summed E-state index contributed by atoms with van der Waals surface area (Å²) in [6, 6.07) is 4.03. The second-order valence-electron chi connectivity index (χ2n) is 4.86. The lowest BCUT2D eigenvalue weighted by molar-refractivity contribution is 0.411. The van der Waals surface area contributed by atoms with Gasteiger partial charge in [0.05, 0.1) is 12.1 Å². The molecular formula is C16H22N2OS. The van der Waals surface area contributed by atoms with Crippen LogP contribution >= 0.6 is 12.2 Å². The van der Waals surface area contributed by atoms with Crippen molar-refractivity contribution in [2.45, 2.75) is 34.2 Å². The van der Waals surface area contributed by atoms with Gasteiger partial charge >= 0.3 is 0 Å². The number of allylic oxidation sites excluding steroid dienone is 1. The van der Waals surface area contributed by atoms with Crippen LogP contribution in [0.4, 0.5) is 0 Å². The Labute approximate surface area is 126 Å². The third-order valence-corrected chi connectivity index (χ3v) is 3.64. The third-order valence-electron chi connectivity index (χ3n) is 3.38. The number of aryl methyl sites for hydroxylation is 1. The zero-order valence-corrected chi connectivity index (χ0v) is 13.6. The van der Waals surface area contributed by atoms with E-state index in [4.69, 9.17) is 22.4 Å². The van der Waals surface area contributed by atoms with Crippen molar-refractivity contribution in [1.29, 1.82) is 5.41 Å². The molecule has 0 aliphatic rings. The molecule has 0 atom stereocenters. The first-order valence-electron chi connectivity index (χ1n) is 6.51. The lowest BCUT2D eigenvalue weighted by Gasteiger charge is -2.14. The third kappa shape index (κ3) is 4.17. The van der Waals surface area contributed by atoms with E-state index >= 15 is 0 Å². The molecule has 3 nitrogen and oxygen atoms in total. The summed E-state index contributed by atoms with van der Waals surface area (Å²) in [7, 11) is 1.68. The lowest BCUT2D eigenvalue weighted by Crippen LogP contribution is -2.20. The Morgan fingerprint density at radius 2 is 2.00 bits per heavy atom. The molecule has 4 heteroatoms. The molecule has 108 valence electrons. The average Bonchev–Trinajstić information content (AvgIpc) is 2.38. The molecular weight excluding hydrogens is 268 g/mol. The van der Waals surface area contributed by atoms with E-state index in [0.29, 0.717) is 17.2 Å². The van der Waals surface area contributed by atoms with Crippen molar-refractivity contribution in [3.8, 4) is 5.75 Å². The van der Waals surface area contributed by atoms with E-state index < -0.39 is 0 Å². The Kier molecular flexibility index (Phi) is 5.89. The summed E-state index contributed by atoms with van der Waals surface area (Å²) in [5, 5.41) is 10.8. The second kappa shape index (κ2) is 7.20. The number of benzene rings is 1. The van der Waals surface area contributed by atoms with Crippen molar-refractivity contribution in [2.24, 2.45) is 0 Å². The molecule has 0 fully saturated rings. The summed E-state index contributed by atoms with van der Waals surface area (Å²) in [5.74, 6) is 0.889. The summed E-state index contributed by atoms with van der Waals surface area (Å²) in [4.78, 5) is 0.649. The van der Waals surface area contributed by atoms with Crippen LogP contribution in [0.3, 0.4) is 0 Å². The molecule has 1 rings (SSSR count). The van der Waals surface area contributed by atoms with Crippen LogP contribution in [0.25, 0.3) is 0 Å². The fourth-order valence-electron chi connectivity index (χ4n) is 1.90. The highest BCUT2D eigenvalue weighted by molar-refractivity contribution is 7.80. The van der Waals surface area contributed by atoms with Crippen LogP contribution in [0.1, 0.15) is 30.5 Å². The predicted molar refractivity (Wildman–Crippen MR) is 89.1 cm³/mol. The molecule has 0 aliphatic carbocycles. The predicted octanol–water partition coefficient (Wildman–Crippen LogP) is 3.72. The Bertz CT molecular complexity index is 562. The molecule has 1 aromatic rings. The van der Waals surface area contributed by atoms with Crippen molar-refractivity contribution in [3.05, 3.63) is 40.5 Å². The smallest absolute Gasteiger partial charge is 0.122 e. The molecule has 1 aromatic carbocycles. The van der Waals surface area contributed by atoms with Gasteiger partial charge in [0, 0.05) is 12.3 Å². The van der Waals surface area contributed by atoms with Crippen LogP contribution in [0, 0.1) is 19.3 Å². The van der Waals surface area contributed by atoms with Crippen LogP contribution in [0.15, 0.2) is 23.8 Å². The molecule has 0 aromatic heterocycles. The fraction of sp³-hybridized carbons (Fsp3) is 0.375. The van der Waals surface area contributed by atoms with E-state index in [0.717, 1.165) is 16.9 Å². The quantitative estimate of drug-likeness (QED) is 0.493. The van der Waals surface area contributed by atoms with Crippen LogP contribution in [0.2, 0.25) is 0 Å². The maximum atomic E-state index is 7.54. The first-order valence-corrected chi connectivity index (χ1v) is 6.92. The number of rotatable bonds is 5. The number of ether oxygens (including phenoxy) is 1. The normalized spacial score (nSPS) is 11.2. The standard InChI is InChI=1S/C16H22N2OS/c1-10-6-7-15(19-5)12(3)14(10)9-18-16(20)8-11(2)13(4)17/h6-8,17H,9H2,1-5H3,(H,18,20)/b11-8-,17-13?. The van der Waals surface area contributed by atoms with Gasteiger partial charge in [0.2, 0.25) is 0 Å². The van der Waals surface area contributed by atoms with E-state index in [1.807, 2.05) is 19.1 Å². The minimum atomic E-state index is 0.530. The SMILES string of the molecule is COc1ccc(C)c(CNC(=S)/C=C(/C)C(C)=N)c1C. The van der Waals surface area contributed by atoms with Crippen LogP contribution in [0.5, 0.6) is 5.75 Å². The van der Waals surface area contributed by atoms with Gasteiger partial charge in [-0.15, -0.1) is 0 Å². The van der Waals surface area contributed by atoms with Crippen LogP contribution in [-0.2, 0) is 6.54 Å². The number of hydrogen-bond acceptors (Lipinski definition) is 3. The Morgan fingerprint density at radius 1 is 1.35 bits per heavy atom. The van der Waals surface area contributed by atoms with Gasteiger partial charge in [0.1, 0.15) is 5.75 Å². The zero-order valence-electron chi connectivity index (χ0n) is 12.8. The van der Waals surface area contributed by atoms with Gasteiger partial charge in [0.25, 0.3) is 0 Å². The lowest BCUT2D eigenvalue weighted by atomic mass is 10.0. The topological polar surface area (TPSA) is 45.1 Å². The summed E-state index contributed by atoms with van der Waals surface area (Å²) < 4.78 is 5.34. The second-order valence-corrected chi connectivity index (χ2v) is 5.30. The summed E-state index contributed by atoms with van der Waals surface area (Å²) in [6.45, 7) is 8.43. The minimum Gasteiger partial charge on any atom is -0.496 e. The largest absolute Gasteiger partial charge is 0.496 e. The van der Waals surface area contributed by atoms with Crippen molar-refractivity contribution in [2.75, 3.05) is 7.11 Å². The zero-order chi connectivity index (χ0) is 15.3. The molecule has 0 saturated heterocycles. The molecule has 0 spiro atoms. The van der Waals surface area contributed by atoms with Crippen LogP contribution in [-0.4, -0.2) is 17.8 Å². The van der Waals surface area contributed by atoms with Crippen molar-refractivity contribution in [1.82, 2.24) is 5.32 Å². The van der Waals surface area contributed by atoms with E-state index in [-0.39, 0.29) is 0 Å². The maximum Gasteiger partial charge on any atom is 0.122 e. The molecule has 0 unspecified atom stereocenters. The summed E-state index contributed by atoms with van der Waals surface area (Å²) >= 11 is 5.28. The van der Waals surface area contributed by atoms with E-state index in [9.17, 15) is 0 Å². The molecule has 20 heavy (non-hydrogen) atoms. The Hall–Kier alpha value is -1.68. The highest BCUT2D eigenvalue weighted by atomic mass is 32.1. The first-order chi connectivity index (χ1) is 9.36. The van der Waals surface area contributed by atoms with Crippen molar-refractivity contribution < 1.29 is 4.74 Å². The average molecular weight is 290 g/mol. The fourth-order valence-corrected chi connectivity index (χ4v) is 2.14. The van der Waals surface area contributed by atoms with E-state index in [1.54, 1.807) is 14.0 Å². The molecule has 0 amide bonds. The van der Waals surface area contributed by atoms with Gasteiger partial charge < -0.3 is 15.5 Å². The molecule has 0 bridgehead atoms. The minimum absolute atomic E-state index is 0.530. The number of thiocarbonyl (C=S) groups is 1. The van der Waals surface area contributed by atoms with E-state index in [2.05, 4.69) is 25.2 Å². The molecule has 0 heterocycles. The number of methoxy groups -OCH3 is 1. The number of nitrogens with one attached hydrogen (secondary N) is 2. The maximum absolute atomic E-state index is 7.54. The van der Waals surface area contributed by atoms with Crippen LogP contribution < -0.4 is 10.1 Å². The van der Waals surface area contributed by atoms with Crippen molar-refractivity contribution >= 4 is 22.9 Å². The molecule has 2 N–H and O–H groups in total. The van der Waals surface area contributed by atoms with Gasteiger partial charge in [-0.2, -0.15) is 0 Å². The van der Waals surface area contributed by atoms with Gasteiger partial charge in [0.15, 0.2) is 0 Å². The van der Waals surface area contributed by atoms with Gasteiger partial charge in [-0.25, -0.2) is 0 Å². The summed E-state index contributed by atoms with van der Waals surface area (Å²) in [5.41, 5.74) is 4.95. The first kappa shape index (κ1) is 16.4. The summed E-state index contributed by atoms with van der Waals surface area (Å²) in [6.07, 6.45) is 1.82. The van der Waals surface area contributed by atoms with Crippen molar-refractivity contribution in [3.63, 3.8) is 0 Å². The highest BCUT2D eigenvalue weighted by Gasteiger charge is 2.08. The highest BCUT2D eigenvalue weighted by Crippen LogP contribution is 2.24. The van der Waals surface area contributed by atoms with E-state index in [1.165, 1.54) is 11.1 Å². The van der Waals surface area contributed by atoms with Gasteiger partial charge in [-0.3, -0.25) is 0 Å². The van der Waals surface area contributed by atoms with Gasteiger partial charge in [-0.1, -0.05) is 18.3 Å². The monoisotopic (exact) mass is 290 g/mol. The molecule has 0 aliphatic heterocycles. The molecule has 0 saturated carbocycles. The molecule has 0 radical (unpaired) electrons. The van der Waals surface area contributed by atoms with Gasteiger partial charge in [-0.05, 0) is 62.1 Å². The Morgan fingerprint density at radius 3 is 2.55 bits per heavy atom.